The first-order chi connectivity index (χ1) is 9.16. The van der Waals surface area contributed by atoms with E-state index in [4.69, 9.17) is 5.73 Å². The minimum Gasteiger partial charge on any atom is -0.364 e. The van der Waals surface area contributed by atoms with Gasteiger partial charge in [-0.2, -0.15) is 0 Å². The highest BCUT2D eigenvalue weighted by Gasteiger charge is 2.14. The predicted molar refractivity (Wildman–Crippen MR) is 86.2 cm³/mol. The van der Waals surface area contributed by atoms with Crippen molar-refractivity contribution < 1.29 is 9.18 Å². The quantitative estimate of drug-likeness (QED) is 0.766. The SMILES string of the molecule is Cl.Cl.NC(=O)c1cc2ccccc2n1-c1ccc(F)cc1. The van der Waals surface area contributed by atoms with Crippen molar-refractivity contribution in [2.45, 2.75) is 0 Å². The van der Waals surface area contributed by atoms with E-state index >= 15 is 0 Å². The molecule has 0 aliphatic heterocycles. The van der Waals surface area contributed by atoms with E-state index in [1.165, 1.54) is 12.1 Å². The monoisotopic (exact) mass is 326 g/mol. The third kappa shape index (κ3) is 3.01. The van der Waals surface area contributed by atoms with Crippen LogP contribution in [0.4, 0.5) is 4.39 Å². The molecule has 0 spiro atoms. The van der Waals surface area contributed by atoms with E-state index in [1.54, 1.807) is 22.8 Å². The van der Waals surface area contributed by atoms with Crippen molar-refractivity contribution in [1.82, 2.24) is 4.57 Å². The molecule has 0 aliphatic rings. The summed E-state index contributed by atoms with van der Waals surface area (Å²) in [5, 5.41) is 0.917. The molecule has 3 aromatic rings. The molecule has 0 saturated heterocycles. The van der Waals surface area contributed by atoms with Crippen LogP contribution in [0, 0.1) is 5.82 Å². The average molecular weight is 327 g/mol. The fourth-order valence-electron chi connectivity index (χ4n) is 2.20. The molecular formula is C15H13Cl2FN2O. The van der Waals surface area contributed by atoms with E-state index in [2.05, 4.69) is 0 Å². The lowest BCUT2D eigenvalue weighted by atomic mass is 10.2. The van der Waals surface area contributed by atoms with E-state index in [0.29, 0.717) is 11.4 Å². The topological polar surface area (TPSA) is 48.0 Å². The molecule has 0 saturated carbocycles. The number of para-hydroxylation sites is 1. The Morgan fingerprint density at radius 1 is 1.00 bits per heavy atom. The van der Waals surface area contributed by atoms with Crippen molar-refractivity contribution in [3.63, 3.8) is 0 Å². The van der Waals surface area contributed by atoms with E-state index in [1.807, 2.05) is 24.3 Å². The molecule has 110 valence electrons. The molecule has 0 atom stereocenters. The van der Waals surface area contributed by atoms with Gasteiger partial charge in [0.15, 0.2) is 0 Å². The molecule has 0 radical (unpaired) electrons. The summed E-state index contributed by atoms with van der Waals surface area (Å²) in [6.45, 7) is 0. The number of primary amides is 1. The van der Waals surface area contributed by atoms with E-state index < -0.39 is 5.91 Å². The molecule has 0 unspecified atom stereocenters. The van der Waals surface area contributed by atoms with Crippen molar-refractivity contribution >= 4 is 41.6 Å². The summed E-state index contributed by atoms with van der Waals surface area (Å²) < 4.78 is 14.7. The molecule has 3 rings (SSSR count). The number of hydrogen-bond acceptors (Lipinski definition) is 1. The Morgan fingerprint density at radius 3 is 2.24 bits per heavy atom. The zero-order chi connectivity index (χ0) is 13.4. The Hall–Kier alpha value is -2.04. The number of fused-ring (bicyclic) bond motifs is 1. The molecule has 2 N–H and O–H groups in total. The summed E-state index contributed by atoms with van der Waals surface area (Å²) >= 11 is 0. The smallest absolute Gasteiger partial charge is 0.265 e. The second-order valence-corrected chi connectivity index (χ2v) is 4.26. The number of hydrogen-bond donors (Lipinski definition) is 1. The highest BCUT2D eigenvalue weighted by molar-refractivity contribution is 5.99. The van der Waals surface area contributed by atoms with Crippen LogP contribution in [0.15, 0.2) is 54.6 Å². The van der Waals surface area contributed by atoms with Gasteiger partial charge in [-0.15, -0.1) is 24.8 Å². The highest BCUT2D eigenvalue weighted by atomic mass is 35.5. The second kappa shape index (κ2) is 6.61. The van der Waals surface area contributed by atoms with Crippen LogP contribution in [0.5, 0.6) is 0 Å². The van der Waals surface area contributed by atoms with Crippen molar-refractivity contribution in [2.24, 2.45) is 5.73 Å². The molecule has 0 aliphatic carbocycles. The minimum absolute atomic E-state index is 0. The first-order valence-corrected chi connectivity index (χ1v) is 5.83. The standard InChI is InChI=1S/C15H11FN2O.2ClH/c16-11-5-7-12(8-6-11)18-13-4-2-1-3-10(13)9-14(18)15(17)19;;/h1-9H,(H2,17,19);2*1H. The fourth-order valence-corrected chi connectivity index (χ4v) is 2.20. The van der Waals surface area contributed by atoms with Crippen LogP contribution in [0.25, 0.3) is 16.6 Å². The molecule has 3 nitrogen and oxygen atoms in total. The summed E-state index contributed by atoms with van der Waals surface area (Å²) in [4.78, 5) is 11.6. The molecule has 21 heavy (non-hydrogen) atoms. The van der Waals surface area contributed by atoms with Crippen LogP contribution in [-0.4, -0.2) is 10.5 Å². The molecule has 1 amide bonds. The Balaban J connectivity index is 0.00000110. The molecule has 2 aromatic carbocycles. The third-order valence-corrected chi connectivity index (χ3v) is 3.05. The molecule has 0 bridgehead atoms. The number of benzene rings is 2. The summed E-state index contributed by atoms with van der Waals surface area (Å²) in [5.74, 6) is -0.832. The number of carbonyl (C=O) groups excluding carboxylic acids is 1. The number of rotatable bonds is 2. The lowest BCUT2D eigenvalue weighted by Gasteiger charge is -2.08. The van der Waals surface area contributed by atoms with Crippen molar-refractivity contribution in [3.05, 3.63) is 66.1 Å². The maximum Gasteiger partial charge on any atom is 0.265 e. The zero-order valence-corrected chi connectivity index (χ0v) is 12.5. The minimum atomic E-state index is -0.513. The fraction of sp³-hybridized carbons (Fsp3) is 0. The Bertz CT molecular complexity index is 769. The highest BCUT2D eigenvalue weighted by Crippen LogP contribution is 2.24. The van der Waals surface area contributed by atoms with Crippen LogP contribution in [-0.2, 0) is 0 Å². The number of nitrogens with two attached hydrogens (primary N) is 1. The number of carbonyl (C=O) groups is 1. The number of nitrogens with zero attached hydrogens (tertiary/aromatic N) is 1. The van der Waals surface area contributed by atoms with Crippen molar-refractivity contribution in [3.8, 4) is 5.69 Å². The molecule has 0 fully saturated rings. The van der Waals surface area contributed by atoms with Gasteiger partial charge in [0.1, 0.15) is 11.5 Å². The van der Waals surface area contributed by atoms with E-state index in [-0.39, 0.29) is 30.6 Å². The zero-order valence-electron chi connectivity index (χ0n) is 10.8. The Morgan fingerprint density at radius 2 is 1.62 bits per heavy atom. The predicted octanol–water partition coefficient (Wildman–Crippen LogP) is 3.71. The van der Waals surface area contributed by atoms with Gasteiger partial charge >= 0.3 is 0 Å². The van der Waals surface area contributed by atoms with Crippen LogP contribution in [0.1, 0.15) is 10.5 Å². The number of amides is 1. The largest absolute Gasteiger partial charge is 0.364 e. The van der Waals surface area contributed by atoms with Gasteiger partial charge in [0.25, 0.3) is 5.91 Å². The van der Waals surface area contributed by atoms with Crippen LogP contribution < -0.4 is 5.73 Å². The maximum absolute atomic E-state index is 13.0. The normalized spacial score (nSPS) is 9.76. The first kappa shape index (κ1) is 17.0. The van der Waals surface area contributed by atoms with E-state index in [0.717, 1.165) is 10.9 Å². The van der Waals surface area contributed by atoms with Gasteiger partial charge in [-0.3, -0.25) is 4.79 Å². The first-order valence-electron chi connectivity index (χ1n) is 5.83. The van der Waals surface area contributed by atoms with Crippen molar-refractivity contribution in [1.29, 1.82) is 0 Å². The van der Waals surface area contributed by atoms with Gasteiger partial charge in [-0.1, -0.05) is 18.2 Å². The maximum atomic E-state index is 13.0. The second-order valence-electron chi connectivity index (χ2n) is 4.26. The molecule has 1 aromatic heterocycles. The van der Waals surface area contributed by atoms with Gasteiger partial charge in [-0.25, -0.2) is 4.39 Å². The Labute approximate surface area is 133 Å². The van der Waals surface area contributed by atoms with Gasteiger partial charge in [0, 0.05) is 11.1 Å². The number of aromatic nitrogens is 1. The van der Waals surface area contributed by atoms with Crippen LogP contribution in [0.2, 0.25) is 0 Å². The van der Waals surface area contributed by atoms with Gasteiger partial charge in [0.05, 0.1) is 5.52 Å². The van der Waals surface area contributed by atoms with Gasteiger partial charge in [0.2, 0.25) is 0 Å². The third-order valence-electron chi connectivity index (χ3n) is 3.05. The summed E-state index contributed by atoms with van der Waals surface area (Å²) in [6, 6.07) is 15.3. The van der Waals surface area contributed by atoms with Crippen LogP contribution in [0.3, 0.4) is 0 Å². The summed E-state index contributed by atoms with van der Waals surface area (Å²) in [7, 11) is 0. The molecular weight excluding hydrogens is 314 g/mol. The molecule has 6 heteroatoms. The van der Waals surface area contributed by atoms with Crippen LogP contribution >= 0.6 is 24.8 Å². The van der Waals surface area contributed by atoms with Gasteiger partial charge in [-0.05, 0) is 36.4 Å². The Kier molecular flexibility index (Phi) is 5.35. The van der Waals surface area contributed by atoms with Crippen molar-refractivity contribution in [2.75, 3.05) is 0 Å². The number of halogens is 3. The summed E-state index contributed by atoms with van der Waals surface area (Å²) in [5.41, 5.74) is 7.36. The van der Waals surface area contributed by atoms with Gasteiger partial charge < -0.3 is 10.3 Å². The summed E-state index contributed by atoms with van der Waals surface area (Å²) in [6.07, 6.45) is 0. The lowest BCUT2D eigenvalue weighted by molar-refractivity contribution is 0.0994. The molecule has 1 heterocycles. The van der Waals surface area contributed by atoms with E-state index in [9.17, 15) is 9.18 Å². The average Bonchev–Trinajstić information content (AvgIpc) is 2.79. The lowest BCUT2D eigenvalue weighted by Crippen LogP contribution is -2.15.